The van der Waals surface area contributed by atoms with Gasteiger partial charge in [-0.2, -0.15) is 0 Å². The molecule has 124 valence electrons. The number of ether oxygens (including phenoxy) is 1. The second-order valence-corrected chi connectivity index (χ2v) is 12.1. The van der Waals surface area contributed by atoms with Gasteiger partial charge in [-0.05, 0) is 40.9 Å². The van der Waals surface area contributed by atoms with E-state index in [0.717, 1.165) is 5.75 Å². The average molecular weight is 323 g/mol. The molecule has 0 spiro atoms. The fraction of sp³-hybridized carbons (Fsp3) is 0.611. The largest absolute Gasteiger partial charge is 0.543 e. The molecule has 0 radical (unpaired) electrons. The van der Waals surface area contributed by atoms with Gasteiger partial charge in [0.05, 0.1) is 0 Å². The zero-order valence-electron chi connectivity index (χ0n) is 15.0. The van der Waals surface area contributed by atoms with Crippen LogP contribution in [0.3, 0.4) is 0 Å². The monoisotopic (exact) mass is 322 g/mol. The first-order chi connectivity index (χ1) is 10.2. The molecule has 0 aliphatic heterocycles. The van der Waals surface area contributed by atoms with E-state index in [4.69, 9.17) is 9.16 Å². The van der Waals surface area contributed by atoms with Gasteiger partial charge in [-0.15, -0.1) is 0 Å². The van der Waals surface area contributed by atoms with Gasteiger partial charge in [-0.1, -0.05) is 48.5 Å². The molecule has 4 heteroatoms. The number of rotatable bonds is 7. The standard InChI is InChI=1S/C18H30O3Si/c1-8-18(19)20-16-9-11-17(12-10-16)21-22(13(2)3,14(4)5)15(6)7/h9-15H,8H2,1-7H3. The number of hydrogen-bond donors (Lipinski definition) is 0. The molecule has 1 rings (SSSR count). The van der Waals surface area contributed by atoms with Crippen molar-refractivity contribution in [3.63, 3.8) is 0 Å². The zero-order valence-corrected chi connectivity index (χ0v) is 16.0. The second-order valence-electron chi connectivity index (χ2n) is 6.72. The summed E-state index contributed by atoms with van der Waals surface area (Å²) in [6.45, 7) is 15.4. The molecule has 1 aromatic carbocycles. The summed E-state index contributed by atoms with van der Waals surface area (Å²) in [5, 5.41) is 0. The third-order valence-electron chi connectivity index (χ3n) is 4.35. The number of benzene rings is 1. The maximum atomic E-state index is 11.3. The second kappa shape index (κ2) is 7.81. The van der Waals surface area contributed by atoms with Crippen LogP contribution in [0.25, 0.3) is 0 Å². The normalized spacial score (nSPS) is 12.1. The third-order valence-corrected chi connectivity index (χ3v) is 10.3. The van der Waals surface area contributed by atoms with Crippen molar-refractivity contribution in [1.29, 1.82) is 0 Å². The van der Waals surface area contributed by atoms with E-state index in [1.54, 1.807) is 6.92 Å². The molecule has 3 nitrogen and oxygen atoms in total. The van der Waals surface area contributed by atoms with Gasteiger partial charge in [0.25, 0.3) is 8.32 Å². The molecule has 0 N–H and O–H groups in total. The highest BCUT2D eigenvalue weighted by molar-refractivity contribution is 6.78. The van der Waals surface area contributed by atoms with Crippen molar-refractivity contribution in [3.05, 3.63) is 24.3 Å². The van der Waals surface area contributed by atoms with Crippen LogP contribution < -0.4 is 9.16 Å². The smallest absolute Gasteiger partial charge is 0.310 e. The van der Waals surface area contributed by atoms with Crippen LogP contribution in [0.5, 0.6) is 11.5 Å². The molecule has 0 bridgehead atoms. The van der Waals surface area contributed by atoms with Crippen molar-refractivity contribution < 1.29 is 14.0 Å². The van der Waals surface area contributed by atoms with E-state index < -0.39 is 8.32 Å². The lowest BCUT2D eigenvalue weighted by molar-refractivity contribution is -0.134. The van der Waals surface area contributed by atoms with E-state index in [-0.39, 0.29) is 5.97 Å². The Kier molecular flexibility index (Phi) is 6.66. The summed E-state index contributed by atoms with van der Waals surface area (Å²) in [7, 11) is -1.93. The fourth-order valence-electron chi connectivity index (χ4n) is 3.34. The van der Waals surface area contributed by atoms with E-state index in [1.807, 2.05) is 24.3 Å². The SMILES string of the molecule is CCC(=O)Oc1ccc(O[Si](C(C)C)(C(C)C)C(C)C)cc1. The Balaban J connectivity index is 2.98. The topological polar surface area (TPSA) is 35.5 Å². The summed E-state index contributed by atoms with van der Waals surface area (Å²) in [4.78, 5) is 11.3. The van der Waals surface area contributed by atoms with Gasteiger partial charge < -0.3 is 9.16 Å². The van der Waals surface area contributed by atoms with Crippen molar-refractivity contribution in [3.8, 4) is 11.5 Å². The van der Waals surface area contributed by atoms with E-state index >= 15 is 0 Å². The van der Waals surface area contributed by atoms with Crippen LogP contribution in [0, 0.1) is 0 Å². The molecule has 22 heavy (non-hydrogen) atoms. The van der Waals surface area contributed by atoms with Crippen molar-refractivity contribution >= 4 is 14.3 Å². The maximum absolute atomic E-state index is 11.3. The summed E-state index contributed by atoms with van der Waals surface area (Å²) >= 11 is 0. The highest BCUT2D eigenvalue weighted by atomic mass is 28.4. The van der Waals surface area contributed by atoms with Gasteiger partial charge >= 0.3 is 5.97 Å². The minimum atomic E-state index is -1.93. The Morgan fingerprint density at radius 3 is 1.68 bits per heavy atom. The van der Waals surface area contributed by atoms with Crippen LogP contribution in [0.4, 0.5) is 0 Å². The fourth-order valence-corrected chi connectivity index (χ4v) is 8.59. The molecule has 0 amide bonds. The average Bonchev–Trinajstić information content (AvgIpc) is 2.45. The lowest BCUT2D eigenvalue weighted by atomic mass is 10.3. The molecule has 0 atom stereocenters. The summed E-state index contributed by atoms with van der Waals surface area (Å²) in [6.07, 6.45) is 0.377. The van der Waals surface area contributed by atoms with Crippen LogP contribution in [0.2, 0.25) is 16.6 Å². The van der Waals surface area contributed by atoms with Crippen LogP contribution in [-0.4, -0.2) is 14.3 Å². The third kappa shape index (κ3) is 4.13. The Labute approximate surface area is 136 Å². The van der Waals surface area contributed by atoms with Gasteiger partial charge in [0.1, 0.15) is 11.5 Å². The molecule has 0 aliphatic carbocycles. The first-order valence-electron chi connectivity index (χ1n) is 8.23. The minimum absolute atomic E-state index is 0.219. The molecule has 0 aliphatic rings. The molecule has 0 aromatic heterocycles. The quantitative estimate of drug-likeness (QED) is 0.375. The zero-order chi connectivity index (χ0) is 16.9. The molecule has 0 saturated heterocycles. The maximum Gasteiger partial charge on any atom is 0.310 e. The minimum Gasteiger partial charge on any atom is -0.543 e. The Bertz CT molecular complexity index is 456. The van der Waals surface area contributed by atoms with E-state index in [2.05, 4.69) is 41.5 Å². The first kappa shape index (κ1) is 18.8. The molecule has 0 saturated carbocycles. The van der Waals surface area contributed by atoms with E-state index in [1.165, 1.54) is 0 Å². The summed E-state index contributed by atoms with van der Waals surface area (Å²) in [5.41, 5.74) is 1.60. The van der Waals surface area contributed by atoms with Crippen molar-refractivity contribution in [1.82, 2.24) is 0 Å². The van der Waals surface area contributed by atoms with Crippen LogP contribution >= 0.6 is 0 Å². The lowest BCUT2D eigenvalue weighted by Gasteiger charge is -2.42. The van der Waals surface area contributed by atoms with E-state index in [0.29, 0.717) is 28.8 Å². The summed E-state index contributed by atoms with van der Waals surface area (Å²) in [5.74, 6) is 1.23. The van der Waals surface area contributed by atoms with E-state index in [9.17, 15) is 4.79 Å². The highest BCUT2D eigenvalue weighted by Crippen LogP contribution is 2.42. The number of esters is 1. The Morgan fingerprint density at radius 2 is 1.32 bits per heavy atom. The van der Waals surface area contributed by atoms with Crippen molar-refractivity contribution in [2.75, 3.05) is 0 Å². The molecule has 0 heterocycles. The summed E-state index contributed by atoms with van der Waals surface area (Å²) < 4.78 is 11.8. The van der Waals surface area contributed by atoms with Crippen molar-refractivity contribution in [2.45, 2.75) is 71.5 Å². The Hall–Kier alpha value is -1.29. The predicted molar refractivity (Wildman–Crippen MR) is 94.0 cm³/mol. The van der Waals surface area contributed by atoms with Crippen LogP contribution in [-0.2, 0) is 4.79 Å². The number of carbonyl (C=O) groups is 1. The van der Waals surface area contributed by atoms with Crippen LogP contribution in [0.1, 0.15) is 54.9 Å². The summed E-state index contributed by atoms with van der Waals surface area (Å²) in [6, 6.07) is 7.44. The van der Waals surface area contributed by atoms with Gasteiger partial charge in [-0.25, -0.2) is 0 Å². The molecule has 1 aromatic rings. The van der Waals surface area contributed by atoms with Gasteiger partial charge in [-0.3, -0.25) is 4.79 Å². The lowest BCUT2D eigenvalue weighted by Crippen LogP contribution is -2.50. The number of hydrogen-bond acceptors (Lipinski definition) is 3. The van der Waals surface area contributed by atoms with Gasteiger partial charge in [0.15, 0.2) is 0 Å². The Morgan fingerprint density at radius 1 is 0.909 bits per heavy atom. The van der Waals surface area contributed by atoms with Crippen molar-refractivity contribution in [2.24, 2.45) is 0 Å². The molecule has 0 unspecified atom stereocenters. The molecule has 0 fully saturated rings. The highest BCUT2D eigenvalue weighted by Gasteiger charge is 2.46. The molecular weight excluding hydrogens is 292 g/mol. The van der Waals surface area contributed by atoms with Gasteiger partial charge in [0.2, 0.25) is 0 Å². The van der Waals surface area contributed by atoms with Gasteiger partial charge in [0, 0.05) is 6.42 Å². The first-order valence-corrected chi connectivity index (χ1v) is 10.4. The predicted octanol–water partition coefficient (Wildman–Crippen LogP) is 5.56. The molecular formula is C18H30O3Si. The number of carbonyl (C=O) groups excluding carboxylic acids is 1. The van der Waals surface area contributed by atoms with Crippen LogP contribution in [0.15, 0.2) is 24.3 Å².